The summed E-state index contributed by atoms with van der Waals surface area (Å²) in [4.78, 5) is 12.3. The first-order chi connectivity index (χ1) is 11.9. The first-order valence-electron chi connectivity index (χ1n) is 7.95. The molecule has 1 unspecified atom stereocenters. The minimum absolute atomic E-state index is 0.133. The van der Waals surface area contributed by atoms with E-state index in [2.05, 4.69) is 11.4 Å². The van der Waals surface area contributed by atoms with Crippen LogP contribution in [0.1, 0.15) is 18.1 Å². The third-order valence-corrected chi connectivity index (χ3v) is 5.38. The zero-order valence-corrected chi connectivity index (χ0v) is 16.8. The second-order valence-electron chi connectivity index (χ2n) is 5.72. The summed E-state index contributed by atoms with van der Waals surface area (Å²) in [6.45, 7) is 6.45. The van der Waals surface area contributed by atoms with Gasteiger partial charge in [0.1, 0.15) is 5.75 Å². The Morgan fingerprint density at radius 2 is 1.88 bits per heavy atom. The van der Waals surface area contributed by atoms with Crippen LogP contribution in [0.5, 0.6) is 5.75 Å². The molecule has 2 aromatic rings. The van der Waals surface area contributed by atoms with Crippen LogP contribution in [0.3, 0.4) is 0 Å². The van der Waals surface area contributed by atoms with Gasteiger partial charge in [0, 0.05) is 5.75 Å². The maximum absolute atomic E-state index is 12.3. The Bertz CT molecular complexity index is 732. The zero-order valence-electron chi connectivity index (χ0n) is 14.4. The Morgan fingerprint density at radius 3 is 2.56 bits per heavy atom. The van der Waals surface area contributed by atoms with Crippen molar-refractivity contribution in [3.8, 4) is 5.75 Å². The molecule has 0 bridgehead atoms. The molecule has 0 fully saturated rings. The molecule has 0 saturated heterocycles. The van der Waals surface area contributed by atoms with Crippen LogP contribution in [-0.4, -0.2) is 23.5 Å². The normalized spacial score (nSPS) is 11.9. The third kappa shape index (κ3) is 5.84. The molecule has 0 heterocycles. The number of carbonyl (C=O) groups excluding carboxylic acids is 1. The van der Waals surface area contributed by atoms with E-state index in [0.29, 0.717) is 28.1 Å². The number of amides is 1. The predicted octanol–water partition coefficient (Wildman–Crippen LogP) is 5.75. The number of halogens is 2. The number of anilines is 1. The van der Waals surface area contributed by atoms with Gasteiger partial charge in [-0.2, -0.15) is 0 Å². The number of thioether (sulfide) groups is 1. The third-order valence-electron chi connectivity index (χ3n) is 3.63. The number of aryl methyl sites for hydroxylation is 2. The fourth-order valence-electron chi connectivity index (χ4n) is 2.16. The van der Waals surface area contributed by atoms with Gasteiger partial charge in [-0.25, -0.2) is 0 Å². The summed E-state index contributed by atoms with van der Waals surface area (Å²) in [5.41, 5.74) is 2.72. The number of ether oxygens (including phenoxy) is 1. The van der Waals surface area contributed by atoms with E-state index in [1.807, 2.05) is 32.9 Å². The van der Waals surface area contributed by atoms with Crippen molar-refractivity contribution >= 4 is 46.6 Å². The molecule has 2 rings (SSSR count). The van der Waals surface area contributed by atoms with Gasteiger partial charge >= 0.3 is 0 Å². The predicted molar refractivity (Wildman–Crippen MR) is 108 cm³/mol. The van der Waals surface area contributed by atoms with Crippen LogP contribution in [0, 0.1) is 13.8 Å². The molecule has 3 nitrogen and oxygen atoms in total. The summed E-state index contributed by atoms with van der Waals surface area (Å²) in [6, 6.07) is 11.3. The lowest BCUT2D eigenvalue weighted by atomic mass is 10.1. The van der Waals surface area contributed by atoms with Crippen molar-refractivity contribution in [2.24, 2.45) is 0 Å². The van der Waals surface area contributed by atoms with E-state index >= 15 is 0 Å². The van der Waals surface area contributed by atoms with Crippen molar-refractivity contribution in [1.82, 2.24) is 0 Å². The molecular weight excluding hydrogens is 377 g/mol. The fourth-order valence-corrected chi connectivity index (χ4v) is 3.39. The van der Waals surface area contributed by atoms with Gasteiger partial charge in [-0.05, 0) is 50.1 Å². The summed E-state index contributed by atoms with van der Waals surface area (Å²) in [6.07, 6.45) is 0. The molecule has 0 radical (unpaired) electrons. The molecule has 1 amide bonds. The summed E-state index contributed by atoms with van der Waals surface area (Å²) >= 11 is 13.7. The number of carbonyl (C=O) groups is 1. The summed E-state index contributed by atoms with van der Waals surface area (Å²) in [5, 5.41) is 3.40. The van der Waals surface area contributed by atoms with Gasteiger partial charge < -0.3 is 10.1 Å². The van der Waals surface area contributed by atoms with E-state index in [9.17, 15) is 4.79 Å². The average molecular weight is 398 g/mol. The second-order valence-corrected chi connectivity index (χ2v) is 7.98. The van der Waals surface area contributed by atoms with Crippen molar-refractivity contribution in [1.29, 1.82) is 0 Å². The monoisotopic (exact) mass is 397 g/mol. The smallest absolute Gasteiger partial charge is 0.237 e. The SMILES string of the molecule is Cc1ccc(C)c(OCCSC(C)C(=O)Nc2c(Cl)cccc2Cl)c1. The standard InChI is InChI=1S/C19H21Cl2NO2S/c1-12-7-8-13(2)17(11-12)24-9-10-25-14(3)19(23)22-18-15(20)5-4-6-16(18)21/h4-8,11,14H,9-10H2,1-3H3,(H,22,23). The maximum Gasteiger partial charge on any atom is 0.237 e. The molecule has 6 heteroatoms. The Kier molecular flexibility index (Phi) is 7.48. The van der Waals surface area contributed by atoms with Crippen molar-refractivity contribution in [2.45, 2.75) is 26.0 Å². The van der Waals surface area contributed by atoms with Gasteiger partial charge in [0.15, 0.2) is 0 Å². The number of nitrogens with one attached hydrogen (secondary N) is 1. The first-order valence-corrected chi connectivity index (χ1v) is 9.75. The highest BCUT2D eigenvalue weighted by atomic mass is 35.5. The highest BCUT2D eigenvalue weighted by molar-refractivity contribution is 8.00. The van der Waals surface area contributed by atoms with E-state index in [4.69, 9.17) is 27.9 Å². The molecule has 25 heavy (non-hydrogen) atoms. The van der Waals surface area contributed by atoms with Gasteiger partial charge in [-0.3, -0.25) is 4.79 Å². The number of benzene rings is 2. The van der Waals surface area contributed by atoms with E-state index < -0.39 is 0 Å². The van der Waals surface area contributed by atoms with E-state index in [1.165, 1.54) is 11.8 Å². The summed E-state index contributed by atoms with van der Waals surface area (Å²) in [7, 11) is 0. The van der Waals surface area contributed by atoms with Crippen molar-refractivity contribution in [3.63, 3.8) is 0 Å². The fraction of sp³-hybridized carbons (Fsp3) is 0.316. The van der Waals surface area contributed by atoms with Crippen LogP contribution < -0.4 is 10.1 Å². The van der Waals surface area contributed by atoms with Gasteiger partial charge in [0.2, 0.25) is 5.91 Å². The van der Waals surface area contributed by atoms with E-state index in [0.717, 1.165) is 16.9 Å². The lowest BCUT2D eigenvalue weighted by molar-refractivity contribution is -0.115. The number of hydrogen-bond donors (Lipinski definition) is 1. The van der Waals surface area contributed by atoms with Gasteiger partial charge in [0.05, 0.1) is 27.6 Å². The summed E-state index contributed by atoms with van der Waals surface area (Å²) < 4.78 is 5.81. The van der Waals surface area contributed by atoms with E-state index in [1.54, 1.807) is 18.2 Å². The first kappa shape index (κ1) is 20.0. The molecule has 0 aliphatic rings. The van der Waals surface area contributed by atoms with Gasteiger partial charge in [0.25, 0.3) is 0 Å². The van der Waals surface area contributed by atoms with Crippen LogP contribution in [0.2, 0.25) is 10.0 Å². The highest BCUT2D eigenvalue weighted by Gasteiger charge is 2.16. The second kappa shape index (κ2) is 9.37. The van der Waals surface area contributed by atoms with Gasteiger partial charge in [-0.15, -0.1) is 11.8 Å². The van der Waals surface area contributed by atoms with Crippen LogP contribution in [0.25, 0.3) is 0 Å². The van der Waals surface area contributed by atoms with Gasteiger partial charge in [-0.1, -0.05) is 41.4 Å². The largest absolute Gasteiger partial charge is 0.492 e. The quantitative estimate of drug-likeness (QED) is 0.604. The Hall–Kier alpha value is -1.36. The van der Waals surface area contributed by atoms with Crippen molar-refractivity contribution < 1.29 is 9.53 Å². The minimum Gasteiger partial charge on any atom is -0.492 e. The zero-order chi connectivity index (χ0) is 18.4. The molecule has 0 aliphatic heterocycles. The van der Waals surface area contributed by atoms with Crippen molar-refractivity contribution in [2.75, 3.05) is 17.7 Å². The molecule has 2 aromatic carbocycles. The molecule has 134 valence electrons. The van der Waals surface area contributed by atoms with E-state index in [-0.39, 0.29) is 11.2 Å². The van der Waals surface area contributed by atoms with Crippen LogP contribution in [0.4, 0.5) is 5.69 Å². The molecular formula is C19H21Cl2NO2S. The number of hydrogen-bond acceptors (Lipinski definition) is 3. The number of para-hydroxylation sites is 1. The van der Waals surface area contributed by atoms with Crippen LogP contribution in [0.15, 0.2) is 36.4 Å². The Balaban J connectivity index is 1.81. The van der Waals surface area contributed by atoms with Crippen LogP contribution >= 0.6 is 35.0 Å². The molecule has 0 aliphatic carbocycles. The highest BCUT2D eigenvalue weighted by Crippen LogP contribution is 2.30. The maximum atomic E-state index is 12.3. The average Bonchev–Trinajstić information content (AvgIpc) is 2.57. The van der Waals surface area contributed by atoms with Crippen molar-refractivity contribution in [3.05, 3.63) is 57.6 Å². The molecule has 0 spiro atoms. The van der Waals surface area contributed by atoms with Crippen LogP contribution in [-0.2, 0) is 4.79 Å². The lowest BCUT2D eigenvalue weighted by Gasteiger charge is -2.15. The molecule has 1 atom stereocenters. The molecule has 0 saturated carbocycles. The minimum atomic E-state index is -0.241. The Morgan fingerprint density at radius 1 is 1.20 bits per heavy atom. The lowest BCUT2D eigenvalue weighted by Crippen LogP contribution is -2.23. The Labute approximate surface area is 163 Å². The molecule has 1 N–H and O–H groups in total. The number of rotatable bonds is 7. The summed E-state index contributed by atoms with van der Waals surface area (Å²) in [5.74, 6) is 1.46. The molecule has 0 aromatic heterocycles. The topological polar surface area (TPSA) is 38.3 Å².